The van der Waals surface area contributed by atoms with Crippen molar-refractivity contribution in [2.24, 2.45) is 5.92 Å². The SMILES string of the molecule is CCOc1ccc(OC)cc1NC(=O)N1CCN(CC2CC2)CC1. The number of amides is 2. The van der Waals surface area contributed by atoms with Gasteiger partial charge in [0.25, 0.3) is 0 Å². The highest BCUT2D eigenvalue weighted by Gasteiger charge is 2.27. The van der Waals surface area contributed by atoms with E-state index in [1.54, 1.807) is 13.2 Å². The Morgan fingerprint density at radius 3 is 2.62 bits per heavy atom. The molecule has 0 spiro atoms. The topological polar surface area (TPSA) is 54.0 Å². The first-order valence-electron chi connectivity index (χ1n) is 8.78. The Bertz CT molecular complexity index is 567. The van der Waals surface area contributed by atoms with E-state index in [4.69, 9.17) is 9.47 Å². The molecule has 2 amide bonds. The Balaban J connectivity index is 1.57. The van der Waals surface area contributed by atoms with Crippen LogP contribution in [0.15, 0.2) is 18.2 Å². The number of ether oxygens (including phenoxy) is 2. The van der Waals surface area contributed by atoms with Crippen LogP contribution in [0.25, 0.3) is 0 Å². The molecule has 1 N–H and O–H groups in total. The molecule has 1 aromatic carbocycles. The average Bonchev–Trinajstić information content (AvgIpc) is 3.41. The van der Waals surface area contributed by atoms with E-state index in [1.807, 2.05) is 24.0 Å². The fourth-order valence-electron chi connectivity index (χ4n) is 3.01. The van der Waals surface area contributed by atoms with Gasteiger partial charge in [0, 0.05) is 38.8 Å². The number of benzene rings is 1. The fourth-order valence-corrected chi connectivity index (χ4v) is 3.01. The molecule has 0 atom stereocenters. The van der Waals surface area contributed by atoms with Crippen molar-refractivity contribution in [1.82, 2.24) is 9.80 Å². The summed E-state index contributed by atoms with van der Waals surface area (Å²) in [6.07, 6.45) is 2.74. The molecule has 24 heavy (non-hydrogen) atoms. The molecule has 1 saturated carbocycles. The summed E-state index contributed by atoms with van der Waals surface area (Å²) in [6.45, 7) is 7.13. The molecular weight excluding hydrogens is 306 g/mol. The van der Waals surface area contributed by atoms with Gasteiger partial charge in [-0.25, -0.2) is 4.79 Å². The maximum absolute atomic E-state index is 12.6. The monoisotopic (exact) mass is 333 g/mol. The van der Waals surface area contributed by atoms with Gasteiger partial charge in [-0.2, -0.15) is 0 Å². The number of nitrogens with zero attached hydrogens (tertiary/aromatic N) is 2. The Hall–Kier alpha value is -1.95. The van der Waals surface area contributed by atoms with Gasteiger partial charge in [0.2, 0.25) is 0 Å². The average molecular weight is 333 g/mol. The lowest BCUT2D eigenvalue weighted by molar-refractivity contribution is 0.144. The third kappa shape index (κ3) is 4.32. The lowest BCUT2D eigenvalue weighted by Gasteiger charge is -2.34. The van der Waals surface area contributed by atoms with Crippen molar-refractivity contribution in [3.63, 3.8) is 0 Å². The molecule has 1 aliphatic carbocycles. The van der Waals surface area contributed by atoms with Gasteiger partial charge in [-0.3, -0.25) is 4.90 Å². The summed E-state index contributed by atoms with van der Waals surface area (Å²) in [5.41, 5.74) is 0.654. The Labute approximate surface area is 143 Å². The molecule has 132 valence electrons. The molecule has 2 aliphatic rings. The first-order valence-corrected chi connectivity index (χ1v) is 8.78. The number of nitrogens with one attached hydrogen (secondary N) is 1. The zero-order valence-corrected chi connectivity index (χ0v) is 14.6. The third-order valence-electron chi connectivity index (χ3n) is 4.60. The van der Waals surface area contributed by atoms with Gasteiger partial charge in [-0.15, -0.1) is 0 Å². The second-order valence-electron chi connectivity index (χ2n) is 6.46. The minimum atomic E-state index is -0.0738. The van der Waals surface area contributed by atoms with Crippen LogP contribution in [-0.4, -0.2) is 62.3 Å². The van der Waals surface area contributed by atoms with E-state index in [0.29, 0.717) is 23.8 Å². The summed E-state index contributed by atoms with van der Waals surface area (Å²) < 4.78 is 10.8. The van der Waals surface area contributed by atoms with Crippen molar-refractivity contribution in [3.8, 4) is 11.5 Å². The summed E-state index contributed by atoms with van der Waals surface area (Å²) in [7, 11) is 1.61. The van der Waals surface area contributed by atoms with E-state index < -0.39 is 0 Å². The van der Waals surface area contributed by atoms with Crippen molar-refractivity contribution in [2.75, 3.05) is 51.8 Å². The number of hydrogen-bond acceptors (Lipinski definition) is 4. The zero-order valence-electron chi connectivity index (χ0n) is 14.6. The van der Waals surface area contributed by atoms with Crippen LogP contribution in [0.4, 0.5) is 10.5 Å². The highest BCUT2D eigenvalue weighted by atomic mass is 16.5. The molecule has 1 aliphatic heterocycles. The molecule has 1 aromatic rings. The molecule has 0 radical (unpaired) electrons. The predicted octanol–water partition coefficient (Wildman–Crippen LogP) is 2.65. The van der Waals surface area contributed by atoms with Gasteiger partial charge in [-0.1, -0.05) is 0 Å². The maximum atomic E-state index is 12.6. The van der Waals surface area contributed by atoms with Crippen molar-refractivity contribution in [3.05, 3.63) is 18.2 Å². The number of urea groups is 1. The molecule has 0 bridgehead atoms. The summed E-state index contributed by atoms with van der Waals surface area (Å²) >= 11 is 0. The van der Waals surface area contributed by atoms with Crippen molar-refractivity contribution in [2.45, 2.75) is 19.8 Å². The summed E-state index contributed by atoms with van der Waals surface area (Å²) in [6, 6.07) is 5.38. The van der Waals surface area contributed by atoms with E-state index in [1.165, 1.54) is 19.4 Å². The van der Waals surface area contributed by atoms with Crippen LogP contribution in [0.1, 0.15) is 19.8 Å². The van der Waals surface area contributed by atoms with Crippen molar-refractivity contribution in [1.29, 1.82) is 0 Å². The lowest BCUT2D eigenvalue weighted by Crippen LogP contribution is -2.50. The summed E-state index contributed by atoms with van der Waals surface area (Å²) in [5, 5.41) is 2.97. The van der Waals surface area contributed by atoms with Crippen LogP contribution in [0.2, 0.25) is 0 Å². The van der Waals surface area contributed by atoms with Gasteiger partial charge < -0.3 is 19.7 Å². The van der Waals surface area contributed by atoms with Gasteiger partial charge in [0.15, 0.2) is 0 Å². The van der Waals surface area contributed by atoms with Crippen LogP contribution >= 0.6 is 0 Å². The van der Waals surface area contributed by atoms with Crippen molar-refractivity contribution < 1.29 is 14.3 Å². The highest BCUT2D eigenvalue weighted by molar-refractivity contribution is 5.91. The number of hydrogen-bond donors (Lipinski definition) is 1. The second-order valence-corrected chi connectivity index (χ2v) is 6.46. The summed E-state index contributed by atoms with van der Waals surface area (Å²) in [5.74, 6) is 2.26. The smallest absolute Gasteiger partial charge is 0.322 e. The van der Waals surface area contributed by atoms with Crippen molar-refractivity contribution >= 4 is 11.7 Å². The van der Waals surface area contributed by atoms with Gasteiger partial charge in [0.05, 0.1) is 19.4 Å². The minimum Gasteiger partial charge on any atom is -0.497 e. The standard InChI is InChI=1S/C18H27N3O3/c1-3-24-17-7-6-15(23-2)12-16(17)19-18(22)21-10-8-20(9-11-21)13-14-4-5-14/h6-7,12,14H,3-5,8-11,13H2,1-2H3,(H,19,22). The molecule has 1 saturated heterocycles. The second kappa shape index (κ2) is 7.75. The quantitative estimate of drug-likeness (QED) is 0.869. The van der Waals surface area contributed by atoms with E-state index in [9.17, 15) is 4.79 Å². The summed E-state index contributed by atoms with van der Waals surface area (Å²) in [4.78, 5) is 16.9. The predicted molar refractivity (Wildman–Crippen MR) is 93.9 cm³/mol. The largest absolute Gasteiger partial charge is 0.497 e. The van der Waals surface area contributed by atoms with Crippen LogP contribution < -0.4 is 14.8 Å². The Morgan fingerprint density at radius 2 is 2.00 bits per heavy atom. The van der Waals surface area contributed by atoms with Gasteiger partial charge in [-0.05, 0) is 37.8 Å². The van der Waals surface area contributed by atoms with Gasteiger partial charge >= 0.3 is 6.03 Å². The van der Waals surface area contributed by atoms with E-state index in [0.717, 1.165) is 32.1 Å². The molecule has 6 heteroatoms. The number of anilines is 1. The minimum absolute atomic E-state index is 0.0738. The fraction of sp³-hybridized carbons (Fsp3) is 0.611. The van der Waals surface area contributed by atoms with Crippen LogP contribution in [0.5, 0.6) is 11.5 Å². The molecule has 2 fully saturated rings. The Morgan fingerprint density at radius 1 is 1.25 bits per heavy atom. The van der Waals surface area contributed by atoms with E-state index in [-0.39, 0.29) is 6.03 Å². The number of methoxy groups -OCH3 is 1. The maximum Gasteiger partial charge on any atom is 0.322 e. The zero-order chi connectivity index (χ0) is 16.9. The number of rotatable bonds is 6. The number of piperazine rings is 1. The van der Waals surface area contributed by atoms with Crippen LogP contribution in [0.3, 0.4) is 0 Å². The molecule has 0 unspecified atom stereocenters. The molecule has 0 aromatic heterocycles. The third-order valence-corrected chi connectivity index (χ3v) is 4.60. The number of carbonyl (C=O) groups is 1. The molecular formula is C18H27N3O3. The molecule has 3 rings (SSSR count). The van der Waals surface area contributed by atoms with Crippen LogP contribution in [-0.2, 0) is 0 Å². The normalized spacial score (nSPS) is 18.3. The van der Waals surface area contributed by atoms with E-state index >= 15 is 0 Å². The highest BCUT2D eigenvalue weighted by Crippen LogP contribution is 2.31. The molecule has 1 heterocycles. The first kappa shape index (κ1) is 16.9. The number of carbonyl (C=O) groups excluding carboxylic acids is 1. The molecule has 6 nitrogen and oxygen atoms in total. The van der Waals surface area contributed by atoms with Crippen LogP contribution in [0, 0.1) is 5.92 Å². The van der Waals surface area contributed by atoms with E-state index in [2.05, 4.69) is 10.2 Å². The first-order chi connectivity index (χ1) is 11.7. The Kier molecular flexibility index (Phi) is 5.45. The lowest BCUT2D eigenvalue weighted by atomic mass is 10.2. The van der Waals surface area contributed by atoms with Gasteiger partial charge in [0.1, 0.15) is 11.5 Å².